The van der Waals surface area contributed by atoms with Gasteiger partial charge in [0.2, 0.25) is 10.0 Å². The fourth-order valence-electron chi connectivity index (χ4n) is 1.18. The molecule has 1 rings (SSSR count). The van der Waals surface area contributed by atoms with Crippen LogP contribution in [0.15, 0.2) is 16.3 Å². The molecule has 6 heteroatoms. The van der Waals surface area contributed by atoms with Crippen LogP contribution in [-0.2, 0) is 16.4 Å². The van der Waals surface area contributed by atoms with E-state index in [1.807, 2.05) is 19.9 Å². The number of hydrogen-bond donors (Lipinski definition) is 2. The third-order valence-corrected chi connectivity index (χ3v) is 5.32. The molecule has 0 amide bonds. The van der Waals surface area contributed by atoms with Gasteiger partial charge in [-0.25, -0.2) is 13.1 Å². The molecule has 1 atom stereocenters. The highest BCUT2D eigenvalue weighted by Gasteiger charge is 2.15. The lowest BCUT2D eigenvalue weighted by Gasteiger charge is -2.06. The summed E-state index contributed by atoms with van der Waals surface area (Å²) in [6.07, 6.45) is 1.51. The molecule has 1 aromatic rings. The molecule has 0 aliphatic rings. The van der Waals surface area contributed by atoms with E-state index < -0.39 is 10.0 Å². The Kier molecular flexibility index (Phi) is 4.91. The van der Waals surface area contributed by atoms with Crippen LogP contribution in [0.2, 0.25) is 0 Å². The third-order valence-electron chi connectivity index (χ3n) is 2.14. The van der Waals surface area contributed by atoms with Crippen molar-refractivity contribution >= 4 is 21.4 Å². The van der Waals surface area contributed by atoms with Crippen LogP contribution in [0.1, 0.15) is 25.1 Å². The Labute approximate surface area is 101 Å². The van der Waals surface area contributed by atoms with Gasteiger partial charge in [0.1, 0.15) is 4.21 Å². The maximum atomic E-state index is 11.8. The molecule has 0 saturated heterocycles. The highest BCUT2D eigenvalue weighted by Crippen LogP contribution is 2.21. The summed E-state index contributed by atoms with van der Waals surface area (Å²) < 4.78 is 26.5. The second-order valence-electron chi connectivity index (χ2n) is 3.74. The zero-order valence-corrected chi connectivity index (χ0v) is 11.2. The highest BCUT2D eigenvalue weighted by atomic mass is 32.2. The van der Waals surface area contributed by atoms with Gasteiger partial charge in [-0.15, -0.1) is 11.3 Å². The average molecular weight is 262 g/mol. The normalized spacial score (nSPS) is 13.9. The SMILES string of the molecule is CCc1ccc(S(=O)(=O)NCCC(C)N)s1. The lowest BCUT2D eigenvalue weighted by Crippen LogP contribution is -2.28. The van der Waals surface area contributed by atoms with Gasteiger partial charge < -0.3 is 5.73 Å². The van der Waals surface area contributed by atoms with E-state index in [2.05, 4.69) is 4.72 Å². The molecule has 16 heavy (non-hydrogen) atoms. The van der Waals surface area contributed by atoms with Crippen molar-refractivity contribution in [2.75, 3.05) is 6.54 Å². The lowest BCUT2D eigenvalue weighted by atomic mass is 10.3. The average Bonchev–Trinajstić information content (AvgIpc) is 2.65. The van der Waals surface area contributed by atoms with Crippen LogP contribution >= 0.6 is 11.3 Å². The first kappa shape index (κ1) is 13.6. The van der Waals surface area contributed by atoms with E-state index in [0.29, 0.717) is 17.2 Å². The van der Waals surface area contributed by atoms with E-state index in [1.54, 1.807) is 6.07 Å². The number of nitrogens with one attached hydrogen (secondary N) is 1. The van der Waals surface area contributed by atoms with E-state index in [0.717, 1.165) is 11.3 Å². The van der Waals surface area contributed by atoms with Crippen LogP contribution in [0, 0.1) is 0 Å². The molecular formula is C10H18N2O2S2. The molecule has 4 nitrogen and oxygen atoms in total. The lowest BCUT2D eigenvalue weighted by molar-refractivity contribution is 0.574. The van der Waals surface area contributed by atoms with Crippen molar-refractivity contribution in [3.8, 4) is 0 Å². The molecule has 0 aliphatic heterocycles. The van der Waals surface area contributed by atoms with E-state index in [1.165, 1.54) is 11.3 Å². The van der Waals surface area contributed by atoms with Gasteiger partial charge in [0.25, 0.3) is 0 Å². The van der Waals surface area contributed by atoms with Crippen LogP contribution < -0.4 is 10.5 Å². The van der Waals surface area contributed by atoms with Crippen LogP contribution in [0.25, 0.3) is 0 Å². The van der Waals surface area contributed by atoms with Gasteiger partial charge >= 0.3 is 0 Å². The number of aryl methyl sites for hydroxylation is 1. The van der Waals surface area contributed by atoms with Crippen LogP contribution in [-0.4, -0.2) is 21.0 Å². The maximum absolute atomic E-state index is 11.8. The second kappa shape index (κ2) is 5.77. The Morgan fingerprint density at radius 3 is 2.69 bits per heavy atom. The standard InChI is InChI=1S/C10H18N2O2S2/c1-3-9-4-5-10(15-9)16(13,14)12-7-6-8(2)11/h4-5,8,12H,3,6-7,11H2,1-2H3. The van der Waals surface area contributed by atoms with Gasteiger partial charge in [0, 0.05) is 17.5 Å². The largest absolute Gasteiger partial charge is 0.328 e. The minimum absolute atomic E-state index is 0.0113. The number of sulfonamides is 1. The van der Waals surface area contributed by atoms with E-state index in [9.17, 15) is 8.42 Å². The Bertz CT molecular complexity index is 424. The minimum Gasteiger partial charge on any atom is -0.328 e. The molecule has 0 aromatic carbocycles. The molecule has 0 fully saturated rings. The summed E-state index contributed by atoms with van der Waals surface area (Å²) >= 11 is 1.32. The Morgan fingerprint density at radius 1 is 1.50 bits per heavy atom. The van der Waals surface area contributed by atoms with Gasteiger partial charge in [-0.1, -0.05) is 6.92 Å². The second-order valence-corrected chi connectivity index (χ2v) is 6.90. The molecule has 0 spiro atoms. The number of thiophene rings is 1. The predicted octanol–water partition coefficient (Wildman–Crippen LogP) is 1.33. The van der Waals surface area contributed by atoms with Crippen LogP contribution in [0.5, 0.6) is 0 Å². The monoisotopic (exact) mass is 262 g/mol. The van der Waals surface area contributed by atoms with Crippen molar-refractivity contribution in [2.24, 2.45) is 5.73 Å². The summed E-state index contributed by atoms with van der Waals surface area (Å²) in [5.74, 6) is 0. The Balaban J connectivity index is 2.63. The molecule has 1 heterocycles. The van der Waals surface area contributed by atoms with E-state index >= 15 is 0 Å². The fourth-order valence-corrected chi connectivity index (χ4v) is 3.57. The Hall–Kier alpha value is -0.430. The third kappa shape index (κ3) is 3.86. The summed E-state index contributed by atoms with van der Waals surface area (Å²) in [6, 6.07) is 3.51. The minimum atomic E-state index is -3.33. The van der Waals surface area contributed by atoms with Crippen molar-refractivity contribution in [1.29, 1.82) is 0 Å². The highest BCUT2D eigenvalue weighted by molar-refractivity contribution is 7.91. The van der Waals surface area contributed by atoms with Crippen LogP contribution in [0.4, 0.5) is 0 Å². The summed E-state index contributed by atoms with van der Waals surface area (Å²) in [4.78, 5) is 1.08. The number of rotatable bonds is 6. The first-order valence-corrected chi connectivity index (χ1v) is 7.59. The molecule has 92 valence electrons. The van der Waals surface area contributed by atoms with Crippen molar-refractivity contribution in [3.63, 3.8) is 0 Å². The first-order chi connectivity index (χ1) is 7.45. The van der Waals surface area contributed by atoms with Gasteiger partial charge in [-0.3, -0.25) is 0 Å². The van der Waals surface area contributed by atoms with Crippen molar-refractivity contribution in [1.82, 2.24) is 4.72 Å². The van der Waals surface area contributed by atoms with Crippen molar-refractivity contribution < 1.29 is 8.42 Å². The zero-order valence-electron chi connectivity index (χ0n) is 9.56. The summed E-state index contributed by atoms with van der Waals surface area (Å²) in [7, 11) is -3.33. The van der Waals surface area contributed by atoms with Crippen molar-refractivity contribution in [2.45, 2.75) is 36.9 Å². The first-order valence-electron chi connectivity index (χ1n) is 5.29. The molecule has 3 N–H and O–H groups in total. The van der Waals surface area contributed by atoms with Gasteiger partial charge in [0.05, 0.1) is 0 Å². The summed E-state index contributed by atoms with van der Waals surface area (Å²) in [5.41, 5.74) is 5.55. The van der Waals surface area contributed by atoms with Crippen LogP contribution in [0.3, 0.4) is 0 Å². The fraction of sp³-hybridized carbons (Fsp3) is 0.600. The quantitative estimate of drug-likeness (QED) is 0.812. The van der Waals surface area contributed by atoms with Gasteiger partial charge in [-0.2, -0.15) is 0 Å². The predicted molar refractivity (Wildman–Crippen MR) is 67.2 cm³/mol. The van der Waals surface area contributed by atoms with E-state index in [4.69, 9.17) is 5.73 Å². The van der Waals surface area contributed by atoms with Gasteiger partial charge in [0.15, 0.2) is 0 Å². The molecule has 0 aliphatic carbocycles. The van der Waals surface area contributed by atoms with Gasteiger partial charge in [-0.05, 0) is 31.9 Å². The van der Waals surface area contributed by atoms with Crippen molar-refractivity contribution in [3.05, 3.63) is 17.0 Å². The summed E-state index contributed by atoms with van der Waals surface area (Å²) in [5, 5.41) is 0. The maximum Gasteiger partial charge on any atom is 0.250 e. The molecule has 0 bridgehead atoms. The van der Waals surface area contributed by atoms with E-state index in [-0.39, 0.29) is 6.04 Å². The molecular weight excluding hydrogens is 244 g/mol. The summed E-state index contributed by atoms with van der Waals surface area (Å²) in [6.45, 7) is 4.25. The Morgan fingerprint density at radius 2 is 2.19 bits per heavy atom. The topological polar surface area (TPSA) is 72.2 Å². The smallest absolute Gasteiger partial charge is 0.250 e. The zero-order chi connectivity index (χ0) is 12.2. The molecule has 0 radical (unpaired) electrons. The molecule has 0 saturated carbocycles. The molecule has 1 unspecified atom stereocenters. The molecule has 1 aromatic heterocycles. The number of nitrogens with two attached hydrogens (primary N) is 1. The number of hydrogen-bond acceptors (Lipinski definition) is 4.